The molecule has 20 heavy (non-hydrogen) atoms. The summed E-state index contributed by atoms with van der Waals surface area (Å²) in [7, 11) is 4.00. The molecule has 0 spiro atoms. The third kappa shape index (κ3) is 3.57. The van der Waals surface area contributed by atoms with Gasteiger partial charge in [-0.25, -0.2) is 4.98 Å². The molecule has 4 nitrogen and oxygen atoms in total. The van der Waals surface area contributed by atoms with Gasteiger partial charge in [-0.3, -0.25) is 4.79 Å². The number of pyridine rings is 1. The van der Waals surface area contributed by atoms with Gasteiger partial charge >= 0.3 is 0 Å². The standard InChI is InChI=1S/C16H19N3O/c1-12-5-4-6-15(18-12)16(20)17-11-13-7-9-14(10-8-13)19(2)3/h4-10H,11H2,1-3H3,(H,17,20). The van der Waals surface area contributed by atoms with Crippen molar-refractivity contribution in [2.75, 3.05) is 19.0 Å². The molecule has 1 N–H and O–H groups in total. The van der Waals surface area contributed by atoms with E-state index in [1.165, 1.54) is 0 Å². The molecule has 2 aromatic rings. The molecule has 1 amide bonds. The second kappa shape index (κ2) is 6.19. The van der Waals surface area contributed by atoms with Gasteiger partial charge < -0.3 is 10.2 Å². The number of nitrogens with one attached hydrogen (secondary N) is 1. The number of rotatable bonds is 4. The fraction of sp³-hybridized carbons (Fsp3) is 0.250. The topological polar surface area (TPSA) is 45.2 Å². The zero-order valence-electron chi connectivity index (χ0n) is 12.1. The Morgan fingerprint density at radius 2 is 1.85 bits per heavy atom. The van der Waals surface area contributed by atoms with Gasteiger partial charge in [-0.15, -0.1) is 0 Å². The van der Waals surface area contributed by atoms with E-state index in [9.17, 15) is 4.79 Å². The molecule has 1 heterocycles. The minimum absolute atomic E-state index is 0.148. The van der Waals surface area contributed by atoms with Crippen LogP contribution in [0.5, 0.6) is 0 Å². The van der Waals surface area contributed by atoms with Gasteiger partial charge in [-0.2, -0.15) is 0 Å². The van der Waals surface area contributed by atoms with Crippen LogP contribution in [-0.2, 0) is 6.54 Å². The lowest BCUT2D eigenvalue weighted by molar-refractivity contribution is 0.0945. The number of aromatic nitrogens is 1. The van der Waals surface area contributed by atoms with Crippen molar-refractivity contribution in [2.45, 2.75) is 13.5 Å². The van der Waals surface area contributed by atoms with Crippen LogP contribution in [0.4, 0.5) is 5.69 Å². The lowest BCUT2D eigenvalue weighted by Crippen LogP contribution is -2.24. The monoisotopic (exact) mass is 269 g/mol. The summed E-state index contributed by atoms with van der Waals surface area (Å²) in [6, 6.07) is 13.5. The van der Waals surface area contributed by atoms with Crippen molar-refractivity contribution in [1.82, 2.24) is 10.3 Å². The Morgan fingerprint density at radius 1 is 1.15 bits per heavy atom. The number of amides is 1. The molecule has 104 valence electrons. The Bertz CT molecular complexity index is 591. The third-order valence-electron chi connectivity index (χ3n) is 3.03. The van der Waals surface area contributed by atoms with Crippen LogP contribution < -0.4 is 10.2 Å². The van der Waals surface area contributed by atoms with Gasteiger partial charge in [0.1, 0.15) is 5.69 Å². The molecule has 0 aliphatic carbocycles. The Morgan fingerprint density at radius 3 is 2.45 bits per heavy atom. The number of hydrogen-bond acceptors (Lipinski definition) is 3. The maximum absolute atomic E-state index is 12.0. The Hall–Kier alpha value is -2.36. The molecule has 0 saturated heterocycles. The normalized spacial score (nSPS) is 10.2. The lowest BCUT2D eigenvalue weighted by atomic mass is 10.2. The van der Waals surface area contributed by atoms with E-state index < -0.39 is 0 Å². The summed E-state index contributed by atoms with van der Waals surface area (Å²) in [6.07, 6.45) is 0. The SMILES string of the molecule is Cc1cccc(C(=O)NCc2ccc(N(C)C)cc2)n1. The average Bonchev–Trinajstić information content (AvgIpc) is 2.45. The number of anilines is 1. The molecule has 4 heteroatoms. The highest BCUT2D eigenvalue weighted by Gasteiger charge is 2.06. The molecule has 0 aliphatic heterocycles. The van der Waals surface area contributed by atoms with Gasteiger partial charge in [-0.1, -0.05) is 18.2 Å². The van der Waals surface area contributed by atoms with Crippen molar-refractivity contribution < 1.29 is 4.79 Å². The average molecular weight is 269 g/mol. The molecule has 2 rings (SSSR count). The van der Waals surface area contributed by atoms with E-state index in [-0.39, 0.29) is 5.91 Å². The van der Waals surface area contributed by atoms with Crippen molar-refractivity contribution >= 4 is 11.6 Å². The van der Waals surface area contributed by atoms with Gasteiger partial charge in [0.25, 0.3) is 5.91 Å². The highest BCUT2D eigenvalue weighted by molar-refractivity contribution is 5.92. The van der Waals surface area contributed by atoms with Gasteiger partial charge in [0.05, 0.1) is 0 Å². The van der Waals surface area contributed by atoms with Crippen LogP contribution in [0, 0.1) is 6.92 Å². The quantitative estimate of drug-likeness (QED) is 0.927. The van der Waals surface area contributed by atoms with Crippen molar-refractivity contribution in [3.63, 3.8) is 0 Å². The van der Waals surface area contributed by atoms with E-state index in [2.05, 4.69) is 10.3 Å². The van der Waals surface area contributed by atoms with Crippen LogP contribution in [0.3, 0.4) is 0 Å². The summed E-state index contributed by atoms with van der Waals surface area (Å²) in [6.45, 7) is 2.37. The molecule has 0 fully saturated rings. The highest BCUT2D eigenvalue weighted by Crippen LogP contribution is 2.12. The molecule has 1 aromatic carbocycles. The largest absolute Gasteiger partial charge is 0.378 e. The van der Waals surface area contributed by atoms with Crippen LogP contribution in [0.25, 0.3) is 0 Å². The second-order valence-corrected chi connectivity index (χ2v) is 4.91. The third-order valence-corrected chi connectivity index (χ3v) is 3.03. The van der Waals surface area contributed by atoms with Crippen LogP contribution >= 0.6 is 0 Å². The summed E-state index contributed by atoms with van der Waals surface area (Å²) in [5, 5.41) is 2.88. The predicted molar refractivity (Wildman–Crippen MR) is 80.9 cm³/mol. The van der Waals surface area contributed by atoms with Gasteiger partial charge in [0.15, 0.2) is 0 Å². The molecule has 0 bridgehead atoms. The van der Waals surface area contributed by atoms with Crippen LogP contribution in [-0.4, -0.2) is 25.0 Å². The van der Waals surface area contributed by atoms with E-state index >= 15 is 0 Å². The molecule has 0 aliphatic rings. The van der Waals surface area contributed by atoms with E-state index in [4.69, 9.17) is 0 Å². The first-order chi connectivity index (χ1) is 9.56. The fourth-order valence-corrected chi connectivity index (χ4v) is 1.85. The summed E-state index contributed by atoms with van der Waals surface area (Å²) in [5.74, 6) is -0.148. The molecule has 0 atom stereocenters. The van der Waals surface area contributed by atoms with Crippen LogP contribution in [0.2, 0.25) is 0 Å². The molecule has 1 aromatic heterocycles. The highest BCUT2D eigenvalue weighted by atomic mass is 16.1. The second-order valence-electron chi connectivity index (χ2n) is 4.91. The minimum atomic E-state index is -0.148. The predicted octanol–water partition coefficient (Wildman–Crippen LogP) is 2.39. The first-order valence-electron chi connectivity index (χ1n) is 6.54. The number of nitrogens with zero attached hydrogens (tertiary/aromatic N) is 2. The Kier molecular flexibility index (Phi) is 4.35. The summed E-state index contributed by atoms with van der Waals surface area (Å²) in [4.78, 5) is 18.2. The first kappa shape index (κ1) is 14.1. The molecular weight excluding hydrogens is 250 g/mol. The summed E-state index contributed by atoms with van der Waals surface area (Å²) < 4.78 is 0. The number of hydrogen-bond donors (Lipinski definition) is 1. The molecule has 0 saturated carbocycles. The first-order valence-corrected chi connectivity index (χ1v) is 6.54. The van der Waals surface area contributed by atoms with Crippen molar-refractivity contribution in [1.29, 1.82) is 0 Å². The number of carbonyl (C=O) groups excluding carboxylic acids is 1. The van der Waals surface area contributed by atoms with E-state index in [1.54, 1.807) is 6.07 Å². The fourth-order valence-electron chi connectivity index (χ4n) is 1.85. The summed E-state index contributed by atoms with van der Waals surface area (Å²) >= 11 is 0. The van der Waals surface area contributed by atoms with Gasteiger partial charge in [0, 0.05) is 32.0 Å². The molecule has 0 radical (unpaired) electrons. The van der Waals surface area contributed by atoms with Crippen molar-refractivity contribution in [3.8, 4) is 0 Å². The van der Waals surface area contributed by atoms with Crippen LogP contribution in [0.15, 0.2) is 42.5 Å². The van der Waals surface area contributed by atoms with Crippen molar-refractivity contribution in [3.05, 3.63) is 59.4 Å². The van der Waals surface area contributed by atoms with Crippen LogP contribution in [0.1, 0.15) is 21.7 Å². The van der Waals surface area contributed by atoms with Gasteiger partial charge in [0.2, 0.25) is 0 Å². The van der Waals surface area contributed by atoms with E-state index in [0.717, 1.165) is 16.9 Å². The molecular formula is C16H19N3O. The Balaban J connectivity index is 1.96. The zero-order chi connectivity index (χ0) is 14.5. The molecule has 0 unspecified atom stereocenters. The maximum Gasteiger partial charge on any atom is 0.270 e. The Labute approximate surface area is 119 Å². The summed E-state index contributed by atoms with van der Waals surface area (Å²) in [5.41, 5.74) is 3.50. The minimum Gasteiger partial charge on any atom is -0.378 e. The smallest absolute Gasteiger partial charge is 0.270 e. The number of benzene rings is 1. The van der Waals surface area contributed by atoms with E-state index in [1.807, 2.05) is 62.3 Å². The van der Waals surface area contributed by atoms with Gasteiger partial charge in [-0.05, 0) is 36.8 Å². The number of carbonyl (C=O) groups is 1. The number of aryl methyl sites for hydroxylation is 1. The zero-order valence-corrected chi connectivity index (χ0v) is 12.1. The lowest BCUT2D eigenvalue weighted by Gasteiger charge is -2.12. The maximum atomic E-state index is 12.0. The van der Waals surface area contributed by atoms with E-state index in [0.29, 0.717) is 12.2 Å². The van der Waals surface area contributed by atoms with Crippen molar-refractivity contribution in [2.24, 2.45) is 0 Å².